The molecule has 5 nitrogen and oxygen atoms in total. The fraction of sp³-hybridized carbons (Fsp3) is 0.238. The zero-order valence-electron chi connectivity index (χ0n) is 15.4. The minimum Gasteiger partial charge on any atom is -0.352 e. The Kier molecular flexibility index (Phi) is 7.70. The standard InChI is InChI=1S/C21H24FN3O2/c1-3-12-25(14-17-8-5-6-11-19(17)22)15-20(26)24-18-10-7-9-16(13-18)21(27)23-4-2/h3,5-11,13H,1,4,12,14-15H2,2H3,(H,23,27)(H,24,26). The van der Waals surface area contributed by atoms with E-state index in [-0.39, 0.29) is 24.2 Å². The molecule has 2 amide bonds. The Morgan fingerprint density at radius 3 is 2.67 bits per heavy atom. The highest BCUT2D eigenvalue weighted by molar-refractivity contribution is 5.97. The van der Waals surface area contributed by atoms with Crippen LogP contribution in [0.4, 0.5) is 10.1 Å². The lowest BCUT2D eigenvalue weighted by Crippen LogP contribution is -2.33. The maximum Gasteiger partial charge on any atom is 0.251 e. The number of carbonyl (C=O) groups is 2. The lowest BCUT2D eigenvalue weighted by molar-refractivity contribution is -0.117. The fourth-order valence-corrected chi connectivity index (χ4v) is 2.64. The van der Waals surface area contributed by atoms with Crippen LogP contribution in [-0.2, 0) is 11.3 Å². The second-order valence-electron chi connectivity index (χ2n) is 6.04. The molecule has 142 valence electrons. The molecule has 0 radical (unpaired) electrons. The van der Waals surface area contributed by atoms with Crippen molar-refractivity contribution in [3.8, 4) is 0 Å². The molecule has 0 atom stereocenters. The van der Waals surface area contributed by atoms with Crippen LogP contribution >= 0.6 is 0 Å². The van der Waals surface area contributed by atoms with Gasteiger partial charge in [0.2, 0.25) is 5.91 Å². The summed E-state index contributed by atoms with van der Waals surface area (Å²) < 4.78 is 13.9. The SMILES string of the molecule is C=CCN(CC(=O)Nc1cccc(C(=O)NCC)c1)Cc1ccccc1F. The molecule has 2 aromatic carbocycles. The van der Waals surface area contributed by atoms with E-state index in [1.165, 1.54) is 6.07 Å². The van der Waals surface area contributed by atoms with Gasteiger partial charge in [-0.25, -0.2) is 4.39 Å². The molecule has 0 aromatic heterocycles. The number of hydrogen-bond acceptors (Lipinski definition) is 3. The second kappa shape index (κ2) is 10.2. The van der Waals surface area contributed by atoms with Gasteiger partial charge in [0.25, 0.3) is 5.91 Å². The highest BCUT2D eigenvalue weighted by Gasteiger charge is 2.13. The van der Waals surface area contributed by atoms with Crippen LogP contribution < -0.4 is 10.6 Å². The third-order valence-electron chi connectivity index (χ3n) is 3.85. The molecule has 0 saturated carbocycles. The van der Waals surface area contributed by atoms with Crippen molar-refractivity contribution in [2.24, 2.45) is 0 Å². The first-order valence-electron chi connectivity index (χ1n) is 8.78. The Hall–Kier alpha value is -2.99. The quantitative estimate of drug-likeness (QED) is 0.668. The number of nitrogens with zero attached hydrogens (tertiary/aromatic N) is 1. The van der Waals surface area contributed by atoms with Gasteiger partial charge in [0.15, 0.2) is 0 Å². The molecule has 0 heterocycles. The average molecular weight is 369 g/mol. The predicted molar refractivity (Wildman–Crippen MR) is 105 cm³/mol. The Labute approximate surface area is 158 Å². The van der Waals surface area contributed by atoms with Crippen molar-refractivity contribution >= 4 is 17.5 Å². The number of hydrogen-bond donors (Lipinski definition) is 2. The molecule has 0 aliphatic heterocycles. The molecule has 0 spiro atoms. The minimum absolute atomic E-state index is 0.0751. The number of nitrogens with one attached hydrogen (secondary N) is 2. The van der Waals surface area contributed by atoms with Gasteiger partial charge in [-0.15, -0.1) is 6.58 Å². The molecule has 2 N–H and O–H groups in total. The largest absolute Gasteiger partial charge is 0.352 e. The third-order valence-corrected chi connectivity index (χ3v) is 3.85. The summed E-state index contributed by atoms with van der Waals surface area (Å²) in [4.78, 5) is 26.1. The van der Waals surface area contributed by atoms with Crippen LogP contribution in [0.1, 0.15) is 22.8 Å². The van der Waals surface area contributed by atoms with Gasteiger partial charge in [-0.2, -0.15) is 0 Å². The molecule has 0 fully saturated rings. The summed E-state index contributed by atoms with van der Waals surface area (Å²) in [6.45, 7) is 6.88. The molecule has 0 aliphatic carbocycles. The van der Waals surface area contributed by atoms with Crippen LogP contribution in [0.25, 0.3) is 0 Å². The first-order chi connectivity index (χ1) is 13.0. The van der Waals surface area contributed by atoms with Crippen molar-refractivity contribution in [2.75, 3.05) is 25.0 Å². The van der Waals surface area contributed by atoms with Gasteiger partial charge < -0.3 is 10.6 Å². The number of carbonyl (C=O) groups excluding carboxylic acids is 2. The van der Waals surface area contributed by atoms with Gasteiger partial charge in [0.1, 0.15) is 5.82 Å². The normalized spacial score (nSPS) is 10.5. The fourth-order valence-electron chi connectivity index (χ4n) is 2.64. The number of halogens is 1. The van der Waals surface area contributed by atoms with Gasteiger partial charge in [-0.1, -0.05) is 30.3 Å². The summed E-state index contributed by atoms with van der Waals surface area (Å²) in [6, 6.07) is 13.2. The summed E-state index contributed by atoms with van der Waals surface area (Å²) in [5.41, 5.74) is 1.53. The Balaban J connectivity index is 2.01. The first kappa shape index (κ1) is 20.3. The lowest BCUT2D eigenvalue weighted by atomic mass is 10.2. The molecule has 0 unspecified atom stereocenters. The van der Waals surface area contributed by atoms with Gasteiger partial charge in [0.05, 0.1) is 6.54 Å². The van der Waals surface area contributed by atoms with Gasteiger partial charge in [0, 0.05) is 36.4 Å². The van der Waals surface area contributed by atoms with E-state index in [1.54, 1.807) is 53.4 Å². The minimum atomic E-state index is -0.304. The molecular formula is C21H24FN3O2. The van der Waals surface area contributed by atoms with Crippen LogP contribution in [0.15, 0.2) is 61.2 Å². The second-order valence-corrected chi connectivity index (χ2v) is 6.04. The molecule has 0 bridgehead atoms. The number of amides is 2. The topological polar surface area (TPSA) is 61.4 Å². The van der Waals surface area contributed by atoms with Gasteiger partial charge in [-0.3, -0.25) is 14.5 Å². The van der Waals surface area contributed by atoms with Crippen LogP contribution in [0.2, 0.25) is 0 Å². The van der Waals surface area contributed by atoms with Gasteiger partial charge in [-0.05, 0) is 31.2 Å². The zero-order chi connectivity index (χ0) is 19.6. The van der Waals surface area contributed by atoms with Crippen LogP contribution in [0, 0.1) is 5.82 Å². The van der Waals surface area contributed by atoms with E-state index >= 15 is 0 Å². The van der Waals surface area contributed by atoms with E-state index in [1.807, 2.05) is 6.92 Å². The highest BCUT2D eigenvalue weighted by Crippen LogP contribution is 2.12. The van der Waals surface area contributed by atoms with Crippen molar-refractivity contribution < 1.29 is 14.0 Å². The molecular weight excluding hydrogens is 345 g/mol. The first-order valence-corrected chi connectivity index (χ1v) is 8.78. The van der Waals surface area contributed by atoms with E-state index < -0.39 is 0 Å². The predicted octanol–water partition coefficient (Wildman–Crippen LogP) is 3.20. The molecule has 2 rings (SSSR count). The lowest BCUT2D eigenvalue weighted by Gasteiger charge is -2.20. The van der Waals surface area contributed by atoms with E-state index in [0.29, 0.717) is 36.4 Å². The maximum atomic E-state index is 13.9. The van der Waals surface area contributed by atoms with Crippen LogP contribution in [0.3, 0.4) is 0 Å². The van der Waals surface area contributed by atoms with Crippen LogP contribution in [-0.4, -0.2) is 36.3 Å². The van der Waals surface area contributed by atoms with Gasteiger partial charge >= 0.3 is 0 Å². The maximum absolute atomic E-state index is 13.9. The van der Waals surface area contributed by atoms with Crippen molar-refractivity contribution in [3.63, 3.8) is 0 Å². The van der Waals surface area contributed by atoms with E-state index in [9.17, 15) is 14.0 Å². The number of rotatable bonds is 9. The van der Waals surface area contributed by atoms with E-state index in [4.69, 9.17) is 0 Å². The van der Waals surface area contributed by atoms with Crippen LogP contribution in [0.5, 0.6) is 0 Å². The summed E-state index contributed by atoms with van der Waals surface area (Å²) >= 11 is 0. The van der Waals surface area contributed by atoms with E-state index in [2.05, 4.69) is 17.2 Å². The summed E-state index contributed by atoms with van der Waals surface area (Å²) in [5, 5.41) is 5.50. The monoisotopic (exact) mass is 369 g/mol. The smallest absolute Gasteiger partial charge is 0.251 e. The Bertz CT molecular complexity index is 808. The van der Waals surface area contributed by atoms with Crippen molar-refractivity contribution in [1.29, 1.82) is 0 Å². The highest BCUT2D eigenvalue weighted by atomic mass is 19.1. The Morgan fingerprint density at radius 1 is 1.19 bits per heavy atom. The zero-order valence-corrected chi connectivity index (χ0v) is 15.4. The molecule has 6 heteroatoms. The third kappa shape index (κ3) is 6.34. The molecule has 0 aliphatic rings. The van der Waals surface area contributed by atoms with Crippen molar-refractivity contribution in [3.05, 3.63) is 78.1 Å². The Morgan fingerprint density at radius 2 is 1.96 bits per heavy atom. The average Bonchev–Trinajstić information content (AvgIpc) is 2.64. The van der Waals surface area contributed by atoms with Crippen molar-refractivity contribution in [1.82, 2.24) is 10.2 Å². The summed E-state index contributed by atoms with van der Waals surface area (Å²) in [7, 11) is 0. The molecule has 0 saturated heterocycles. The van der Waals surface area contributed by atoms with Crippen molar-refractivity contribution in [2.45, 2.75) is 13.5 Å². The summed E-state index contributed by atoms with van der Waals surface area (Å²) in [6.07, 6.45) is 1.67. The number of benzene rings is 2. The molecule has 27 heavy (non-hydrogen) atoms. The summed E-state index contributed by atoms with van der Waals surface area (Å²) in [5.74, 6) is -0.746. The molecule has 2 aromatic rings. The number of anilines is 1. The van der Waals surface area contributed by atoms with E-state index in [0.717, 1.165) is 0 Å².